The number of carbonyl (C=O) groups excluding carboxylic acids is 1. The molecule has 0 aliphatic carbocycles. The second-order valence-corrected chi connectivity index (χ2v) is 4.51. The Morgan fingerprint density at radius 3 is 2.72 bits per heavy atom. The Morgan fingerprint density at radius 1 is 1.44 bits per heavy atom. The predicted octanol–water partition coefficient (Wildman–Crippen LogP) is 1.66. The first-order chi connectivity index (χ1) is 8.70. The van der Waals surface area contributed by atoms with Crippen molar-refractivity contribution in [3.8, 4) is 6.07 Å². The van der Waals surface area contributed by atoms with Crippen molar-refractivity contribution in [1.29, 1.82) is 5.26 Å². The van der Waals surface area contributed by atoms with Crippen molar-refractivity contribution in [2.45, 2.75) is 5.16 Å². The summed E-state index contributed by atoms with van der Waals surface area (Å²) >= 11 is 1.34. The van der Waals surface area contributed by atoms with Gasteiger partial charge in [0.25, 0.3) is 0 Å². The number of hydrogen-bond acceptors (Lipinski definition) is 5. The van der Waals surface area contributed by atoms with Crippen molar-refractivity contribution in [3.63, 3.8) is 0 Å². The van der Waals surface area contributed by atoms with Crippen LogP contribution in [0.5, 0.6) is 0 Å². The minimum atomic E-state index is 0.00693. The molecule has 5 nitrogen and oxygen atoms in total. The van der Waals surface area contributed by atoms with E-state index in [0.717, 1.165) is 0 Å². The molecular formula is C12H10N4OS. The van der Waals surface area contributed by atoms with Gasteiger partial charge in [-0.05, 0) is 12.1 Å². The van der Waals surface area contributed by atoms with Crippen molar-refractivity contribution in [1.82, 2.24) is 14.8 Å². The number of rotatable bonds is 4. The standard InChI is InChI=1S/C12H10N4OS/c1-16-12(14-8-15-16)18-7-11(17)10-4-2-9(6-13)3-5-10/h2-5,8H,7H2,1H3. The molecule has 1 aromatic carbocycles. The Hall–Kier alpha value is -2.13. The molecule has 0 bridgehead atoms. The van der Waals surface area contributed by atoms with Gasteiger partial charge in [0.2, 0.25) is 0 Å². The number of carbonyl (C=O) groups is 1. The maximum Gasteiger partial charge on any atom is 0.186 e. The zero-order valence-corrected chi connectivity index (χ0v) is 10.5. The van der Waals surface area contributed by atoms with Gasteiger partial charge in [0.15, 0.2) is 10.9 Å². The van der Waals surface area contributed by atoms with E-state index in [2.05, 4.69) is 10.1 Å². The van der Waals surface area contributed by atoms with Crippen molar-refractivity contribution in [2.24, 2.45) is 7.05 Å². The maximum absolute atomic E-state index is 11.9. The van der Waals surface area contributed by atoms with Crippen molar-refractivity contribution in [3.05, 3.63) is 41.7 Å². The lowest BCUT2D eigenvalue weighted by Crippen LogP contribution is -2.04. The second-order valence-electron chi connectivity index (χ2n) is 3.57. The van der Waals surface area contributed by atoms with E-state index in [1.165, 1.54) is 18.1 Å². The summed E-state index contributed by atoms with van der Waals surface area (Å²) < 4.78 is 1.62. The average Bonchev–Trinajstić information content (AvgIpc) is 2.81. The van der Waals surface area contributed by atoms with Crippen LogP contribution in [0, 0.1) is 11.3 Å². The zero-order valence-electron chi connectivity index (χ0n) is 9.70. The van der Waals surface area contributed by atoms with Crippen LogP contribution >= 0.6 is 11.8 Å². The van der Waals surface area contributed by atoms with E-state index in [4.69, 9.17) is 5.26 Å². The van der Waals surface area contributed by atoms with Gasteiger partial charge in [-0.3, -0.25) is 4.79 Å². The predicted molar refractivity (Wildman–Crippen MR) is 67.2 cm³/mol. The van der Waals surface area contributed by atoms with Gasteiger partial charge in [-0.15, -0.1) is 0 Å². The molecule has 2 aromatic rings. The lowest BCUT2D eigenvalue weighted by Gasteiger charge is -2.01. The summed E-state index contributed by atoms with van der Waals surface area (Å²) in [7, 11) is 1.78. The lowest BCUT2D eigenvalue weighted by atomic mass is 10.1. The van der Waals surface area contributed by atoms with Crippen LogP contribution in [-0.2, 0) is 7.05 Å². The third kappa shape index (κ3) is 2.76. The van der Waals surface area contributed by atoms with Gasteiger partial charge in [0, 0.05) is 12.6 Å². The Bertz CT molecular complexity index is 597. The molecule has 0 saturated carbocycles. The number of hydrogen-bond donors (Lipinski definition) is 0. The molecule has 0 spiro atoms. The van der Waals surface area contributed by atoms with Crippen molar-refractivity contribution >= 4 is 17.5 Å². The highest BCUT2D eigenvalue weighted by molar-refractivity contribution is 7.99. The topological polar surface area (TPSA) is 71.6 Å². The quantitative estimate of drug-likeness (QED) is 0.616. The van der Waals surface area contributed by atoms with Gasteiger partial charge in [-0.1, -0.05) is 23.9 Å². The monoisotopic (exact) mass is 258 g/mol. The number of benzene rings is 1. The van der Waals surface area contributed by atoms with Gasteiger partial charge < -0.3 is 0 Å². The van der Waals surface area contributed by atoms with Crippen LogP contribution in [-0.4, -0.2) is 26.3 Å². The summed E-state index contributed by atoms with van der Waals surface area (Å²) in [5.41, 5.74) is 1.15. The Kier molecular flexibility index (Phi) is 3.75. The number of ketones is 1. The van der Waals surface area contributed by atoms with E-state index in [1.54, 1.807) is 36.0 Å². The first-order valence-corrected chi connectivity index (χ1v) is 6.19. The van der Waals surface area contributed by atoms with Crippen LogP contribution in [0.4, 0.5) is 0 Å². The molecule has 6 heteroatoms. The Morgan fingerprint density at radius 2 is 2.17 bits per heavy atom. The SMILES string of the molecule is Cn1ncnc1SCC(=O)c1ccc(C#N)cc1. The minimum absolute atomic E-state index is 0.00693. The number of Topliss-reactive ketones (excluding diaryl/α,β-unsaturated/α-hetero) is 1. The molecule has 0 atom stereocenters. The number of aromatic nitrogens is 3. The smallest absolute Gasteiger partial charge is 0.186 e. The van der Waals surface area contributed by atoms with Gasteiger partial charge >= 0.3 is 0 Å². The molecule has 18 heavy (non-hydrogen) atoms. The summed E-state index contributed by atoms with van der Waals surface area (Å²) in [5.74, 6) is 0.311. The summed E-state index contributed by atoms with van der Waals surface area (Å²) in [4.78, 5) is 15.9. The van der Waals surface area contributed by atoms with Crippen molar-refractivity contribution < 1.29 is 4.79 Å². The van der Waals surface area contributed by atoms with E-state index in [-0.39, 0.29) is 5.78 Å². The van der Waals surface area contributed by atoms with Crippen LogP contribution in [0.2, 0.25) is 0 Å². The second kappa shape index (κ2) is 5.47. The summed E-state index contributed by atoms with van der Waals surface area (Å²) in [6.45, 7) is 0. The molecule has 1 aromatic heterocycles. The minimum Gasteiger partial charge on any atom is -0.293 e. The molecule has 0 aliphatic heterocycles. The molecule has 0 N–H and O–H groups in total. The zero-order chi connectivity index (χ0) is 13.0. The molecule has 0 amide bonds. The molecule has 0 unspecified atom stereocenters. The van der Waals surface area contributed by atoms with Crippen LogP contribution < -0.4 is 0 Å². The normalized spacial score (nSPS) is 10.0. The van der Waals surface area contributed by atoms with Crippen LogP contribution in [0.3, 0.4) is 0 Å². The van der Waals surface area contributed by atoms with E-state index >= 15 is 0 Å². The fraction of sp³-hybridized carbons (Fsp3) is 0.167. The molecule has 1 heterocycles. The van der Waals surface area contributed by atoms with Gasteiger partial charge in [-0.25, -0.2) is 9.67 Å². The molecule has 0 radical (unpaired) electrons. The summed E-state index contributed by atoms with van der Waals surface area (Å²) in [6.07, 6.45) is 1.45. The Labute approximate surface area is 108 Å². The summed E-state index contributed by atoms with van der Waals surface area (Å²) in [6, 6.07) is 8.62. The molecule has 2 rings (SSSR count). The fourth-order valence-corrected chi connectivity index (χ4v) is 2.14. The van der Waals surface area contributed by atoms with E-state index in [9.17, 15) is 4.79 Å². The third-order valence-electron chi connectivity index (χ3n) is 2.34. The fourth-order valence-electron chi connectivity index (χ4n) is 1.36. The number of nitrogens with zero attached hydrogens (tertiary/aromatic N) is 4. The highest BCUT2D eigenvalue weighted by Gasteiger charge is 2.09. The molecule has 0 aliphatic rings. The number of nitriles is 1. The first kappa shape index (κ1) is 12.3. The maximum atomic E-state index is 11.9. The molecule has 0 saturated heterocycles. The van der Waals surface area contributed by atoms with Gasteiger partial charge in [0.1, 0.15) is 6.33 Å². The van der Waals surface area contributed by atoms with E-state index < -0.39 is 0 Å². The third-order valence-corrected chi connectivity index (χ3v) is 3.37. The average molecular weight is 258 g/mol. The number of aryl methyl sites for hydroxylation is 1. The lowest BCUT2D eigenvalue weighted by molar-refractivity contribution is 0.102. The van der Waals surface area contributed by atoms with Crippen LogP contribution in [0.25, 0.3) is 0 Å². The largest absolute Gasteiger partial charge is 0.293 e. The van der Waals surface area contributed by atoms with Gasteiger partial charge in [-0.2, -0.15) is 10.4 Å². The molecule has 0 fully saturated rings. The summed E-state index contributed by atoms with van der Waals surface area (Å²) in [5, 5.41) is 13.3. The van der Waals surface area contributed by atoms with Crippen molar-refractivity contribution in [2.75, 3.05) is 5.75 Å². The van der Waals surface area contributed by atoms with E-state index in [1.807, 2.05) is 6.07 Å². The van der Waals surface area contributed by atoms with Crippen LogP contribution in [0.1, 0.15) is 15.9 Å². The van der Waals surface area contributed by atoms with Crippen LogP contribution in [0.15, 0.2) is 35.7 Å². The number of thioether (sulfide) groups is 1. The van der Waals surface area contributed by atoms with E-state index in [0.29, 0.717) is 22.0 Å². The highest BCUT2D eigenvalue weighted by atomic mass is 32.2. The Balaban J connectivity index is 2.00. The highest BCUT2D eigenvalue weighted by Crippen LogP contribution is 2.15. The van der Waals surface area contributed by atoms with Gasteiger partial charge in [0.05, 0.1) is 17.4 Å². The molecular weight excluding hydrogens is 248 g/mol. The first-order valence-electron chi connectivity index (χ1n) is 5.21. The molecule has 90 valence electrons.